The molecule has 0 radical (unpaired) electrons. The van der Waals surface area contributed by atoms with Gasteiger partial charge >= 0.3 is 0 Å². The summed E-state index contributed by atoms with van der Waals surface area (Å²) in [6.45, 7) is 3.19. The molecule has 0 bridgehead atoms. The van der Waals surface area contributed by atoms with Crippen LogP contribution in [0.15, 0.2) is 36.4 Å². The van der Waals surface area contributed by atoms with Gasteiger partial charge in [-0.15, -0.1) is 0 Å². The summed E-state index contributed by atoms with van der Waals surface area (Å²) in [5.41, 5.74) is 1.94. The van der Waals surface area contributed by atoms with Gasteiger partial charge in [-0.05, 0) is 42.3 Å². The Morgan fingerprint density at radius 1 is 1.12 bits per heavy atom. The Morgan fingerprint density at radius 2 is 1.83 bits per heavy atom. The molecule has 6 heteroatoms. The minimum Gasteiger partial charge on any atom is -0.493 e. The number of nitrogens with one attached hydrogen (secondary N) is 1. The molecule has 0 saturated heterocycles. The predicted octanol–water partition coefficient (Wildman–Crippen LogP) is 4.05. The second-order valence-corrected chi connectivity index (χ2v) is 6.35. The highest BCUT2D eigenvalue weighted by molar-refractivity contribution is 6.32. The molecule has 0 aliphatic rings. The standard InChI is InChI=1S/C18H21Cl2NO3/c1-12(22)9-21-10-14-7-16(20)18(17(8-14)23-2)24-11-13-3-5-15(19)6-4-13/h3-8,12,21-22H,9-11H2,1-2H3/t12-/m1/s1. The second-order valence-electron chi connectivity index (χ2n) is 5.50. The Bertz CT molecular complexity index is 660. The minimum absolute atomic E-state index is 0.368. The van der Waals surface area contributed by atoms with E-state index in [9.17, 15) is 5.11 Å². The van der Waals surface area contributed by atoms with Crippen LogP contribution >= 0.6 is 23.2 Å². The van der Waals surface area contributed by atoms with Crippen LogP contribution in [0.5, 0.6) is 11.5 Å². The van der Waals surface area contributed by atoms with Gasteiger partial charge in [-0.3, -0.25) is 0 Å². The summed E-state index contributed by atoms with van der Waals surface area (Å²) in [5.74, 6) is 1.08. The van der Waals surface area contributed by atoms with Crippen LogP contribution in [-0.4, -0.2) is 24.9 Å². The zero-order valence-electron chi connectivity index (χ0n) is 13.7. The lowest BCUT2D eigenvalue weighted by atomic mass is 10.2. The van der Waals surface area contributed by atoms with Gasteiger partial charge in [-0.1, -0.05) is 35.3 Å². The first-order valence-electron chi connectivity index (χ1n) is 7.62. The van der Waals surface area contributed by atoms with E-state index in [1.165, 1.54) is 0 Å². The number of hydrogen-bond acceptors (Lipinski definition) is 4. The van der Waals surface area contributed by atoms with Gasteiger partial charge in [-0.25, -0.2) is 0 Å². The average Bonchev–Trinajstić information content (AvgIpc) is 2.54. The summed E-state index contributed by atoms with van der Waals surface area (Å²) in [6.07, 6.45) is -0.399. The van der Waals surface area contributed by atoms with Crippen LogP contribution in [-0.2, 0) is 13.2 Å². The van der Waals surface area contributed by atoms with Crippen molar-refractivity contribution in [1.82, 2.24) is 5.32 Å². The molecule has 0 aliphatic heterocycles. The van der Waals surface area contributed by atoms with E-state index in [0.29, 0.717) is 41.2 Å². The summed E-state index contributed by atoms with van der Waals surface area (Å²) in [6, 6.07) is 11.1. The van der Waals surface area contributed by atoms with Crippen LogP contribution in [0, 0.1) is 0 Å². The third-order valence-electron chi connectivity index (χ3n) is 3.35. The van der Waals surface area contributed by atoms with E-state index < -0.39 is 6.10 Å². The van der Waals surface area contributed by atoms with E-state index in [0.717, 1.165) is 11.1 Å². The number of halogens is 2. The van der Waals surface area contributed by atoms with Crippen molar-refractivity contribution in [3.05, 3.63) is 57.6 Å². The summed E-state index contributed by atoms with van der Waals surface area (Å²) in [5, 5.41) is 13.6. The molecule has 0 heterocycles. The highest BCUT2D eigenvalue weighted by Crippen LogP contribution is 2.37. The molecule has 0 aromatic heterocycles. The Kier molecular flexibility index (Phi) is 7.18. The Labute approximate surface area is 152 Å². The van der Waals surface area contributed by atoms with E-state index in [4.69, 9.17) is 32.7 Å². The lowest BCUT2D eigenvalue weighted by molar-refractivity contribution is 0.191. The summed E-state index contributed by atoms with van der Waals surface area (Å²) in [4.78, 5) is 0. The molecule has 2 N–H and O–H groups in total. The molecule has 1 atom stereocenters. The fourth-order valence-electron chi connectivity index (χ4n) is 2.18. The lowest BCUT2D eigenvalue weighted by Gasteiger charge is -2.15. The van der Waals surface area contributed by atoms with Crippen LogP contribution in [0.1, 0.15) is 18.1 Å². The first-order valence-corrected chi connectivity index (χ1v) is 8.37. The van der Waals surface area contributed by atoms with Gasteiger partial charge in [0.15, 0.2) is 11.5 Å². The molecule has 4 nitrogen and oxygen atoms in total. The molecular formula is C18H21Cl2NO3. The number of methoxy groups -OCH3 is 1. The molecule has 0 spiro atoms. The van der Waals surface area contributed by atoms with E-state index in [1.807, 2.05) is 36.4 Å². The van der Waals surface area contributed by atoms with Gasteiger partial charge in [0.25, 0.3) is 0 Å². The molecule has 0 amide bonds. The van der Waals surface area contributed by atoms with Crippen LogP contribution in [0.3, 0.4) is 0 Å². The van der Waals surface area contributed by atoms with Gasteiger partial charge in [-0.2, -0.15) is 0 Å². The van der Waals surface area contributed by atoms with E-state index in [2.05, 4.69) is 5.32 Å². The fourth-order valence-corrected chi connectivity index (χ4v) is 2.59. The molecule has 130 valence electrons. The van der Waals surface area contributed by atoms with Crippen molar-refractivity contribution < 1.29 is 14.6 Å². The van der Waals surface area contributed by atoms with Crippen LogP contribution in [0.25, 0.3) is 0 Å². The molecule has 24 heavy (non-hydrogen) atoms. The number of benzene rings is 2. The Balaban J connectivity index is 2.07. The number of ether oxygens (including phenoxy) is 2. The van der Waals surface area contributed by atoms with Crippen molar-refractivity contribution in [2.75, 3.05) is 13.7 Å². The smallest absolute Gasteiger partial charge is 0.180 e. The molecule has 0 saturated carbocycles. The van der Waals surface area contributed by atoms with Crippen molar-refractivity contribution >= 4 is 23.2 Å². The van der Waals surface area contributed by atoms with Crippen molar-refractivity contribution in [1.29, 1.82) is 0 Å². The van der Waals surface area contributed by atoms with Gasteiger partial charge in [0, 0.05) is 18.1 Å². The number of hydrogen-bond donors (Lipinski definition) is 2. The quantitative estimate of drug-likeness (QED) is 0.736. The van der Waals surface area contributed by atoms with Crippen LogP contribution in [0.4, 0.5) is 0 Å². The van der Waals surface area contributed by atoms with Crippen molar-refractivity contribution in [3.63, 3.8) is 0 Å². The maximum atomic E-state index is 9.28. The molecule has 0 fully saturated rings. The summed E-state index contributed by atoms with van der Waals surface area (Å²) in [7, 11) is 1.58. The second kappa shape index (κ2) is 9.14. The van der Waals surface area contributed by atoms with Crippen LogP contribution < -0.4 is 14.8 Å². The number of rotatable bonds is 8. The first kappa shape index (κ1) is 18.9. The molecule has 0 aliphatic carbocycles. The van der Waals surface area contributed by atoms with Crippen LogP contribution in [0.2, 0.25) is 10.0 Å². The maximum absolute atomic E-state index is 9.28. The zero-order valence-corrected chi connectivity index (χ0v) is 15.2. The minimum atomic E-state index is -0.399. The zero-order chi connectivity index (χ0) is 17.5. The highest BCUT2D eigenvalue weighted by atomic mass is 35.5. The molecule has 2 aromatic carbocycles. The average molecular weight is 370 g/mol. The third kappa shape index (κ3) is 5.56. The van der Waals surface area contributed by atoms with Crippen molar-refractivity contribution in [3.8, 4) is 11.5 Å². The number of aliphatic hydroxyl groups excluding tert-OH is 1. The third-order valence-corrected chi connectivity index (χ3v) is 3.89. The Morgan fingerprint density at radius 3 is 2.46 bits per heavy atom. The normalized spacial score (nSPS) is 12.0. The van der Waals surface area contributed by atoms with Gasteiger partial charge in [0.1, 0.15) is 6.61 Å². The lowest BCUT2D eigenvalue weighted by Crippen LogP contribution is -2.23. The van der Waals surface area contributed by atoms with Gasteiger partial charge in [0.2, 0.25) is 0 Å². The van der Waals surface area contributed by atoms with E-state index in [1.54, 1.807) is 14.0 Å². The summed E-state index contributed by atoms with van der Waals surface area (Å²) >= 11 is 12.2. The van der Waals surface area contributed by atoms with Gasteiger partial charge in [0.05, 0.1) is 18.2 Å². The van der Waals surface area contributed by atoms with Gasteiger partial charge < -0.3 is 19.9 Å². The van der Waals surface area contributed by atoms with Crippen molar-refractivity contribution in [2.45, 2.75) is 26.2 Å². The van der Waals surface area contributed by atoms with E-state index >= 15 is 0 Å². The molecule has 2 aromatic rings. The maximum Gasteiger partial charge on any atom is 0.180 e. The largest absolute Gasteiger partial charge is 0.493 e. The monoisotopic (exact) mass is 369 g/mol. The predicted molar refractivity (Wildman–Crippen MR) is 97.2 cm³/mol. The fraction of sp³-hybridized carbons (Fsp3) is 0.333. The molecule has 2 rings (SSSR count). The first-order chi connectivity index (χ1) is 11.5. The summed E-state index contributed by atoms with van der Waals surface area (Å²) < 4.78 is 11.2. The Hall–Kier alpha value is -1.46. The highest BCUT2D eigenvalue weighted by Gasteiger charge is 2.12. The van der Waals surface area contributed by atoms with E-state index in [-0.39, 0.29) is 0 Å². The molecular weight excluding hydrogens is 349 g/mol. The molecule has 0 unspecified atom stereocenters. The number of aliphatic hydroxyl groups is 1. The van der Waals surface area contributed by atoms with Crippen molar-refractivity contribution in [2.24, 2.45) is 0 Å². The topological polar surface area (TPSA) is 50.7 Å². The SMILES string of the molecule is COc1cc(CNC[C@@H](C)O)cc(Cl)c1OCc1ccc(Cl)cc1.